The van der Waals surface area contributed by atoms with Gasteiger partial charge in [-0.15, -0.1) is 10.2 Å². The van der Waals surface area contributed by atoms with Gasteiger partial charge < -0.3 is 5.32 Å². The van der Waals surface area contributed by atoms with Crippen molar-refractivity contribution in [2.45, 2.75) is 51.6 Å². The van der Waals surface area contributed by atoms with Crippen LogP contribution in [0.25, 0.3) is 17.3 Å². The van der Waals surface area contributed by atoms with Crippen molar-refractivity contribution in [2.75, 3.05) is 0 Å². The molecule has 5 rings (SSSR count). The number of nitrogens with zero attached hydrogens (tertiary/aromatic N) is 8. The van der Waals surface area contributed by atoms with Crippen LogP contribution in [0.15, 0.2) is 66.1 Å². The number of aromatic amines is 1. The van der Waals surface area contributed by atoms with Crippen molar-refractivity contribution in [3.8, 4) is 17.3 Å². The zero-order valence-corrected chi connectivity index (χ0v) is 20.0. The normalized spacial score (nSPS) is 14.5. The van der Waals surface area contributed by atoms with Gasteiger partial charge in [0, 0.05) is 24.0 Å². The standard InChI is InChI=1S/C24H28N10O/c1-4-6-20-14-32(22-26-16-27-34(22)17(2)3)23(35)33(20)15-24(9-11-25-12-10-24)19-8-5-7-18(13-19)21-28-30-31-29-21/h5,7-14,16-17,25H,4,6,15H2,1-3H3,(H,28,29,30,31). The highest BCUT2D eigenvalue weighted by atomic mass is 16.2. The van der Waals surface area contributed by atoms with Gasteiger partial charge in [-0.1, -0.05) is 43.7 Å². The minimum absolute atomic E-state index is 0.0758. The fraction of sp³-hybridized carbons (Fsp3) is 0.333. The predicted molar refractivity (Wildman–Crippen MR) is 131 cm³/mol. The Morgan fingerprint density at radius 3 is 2.71 bits per heavy atom. The second kappa shape index (κ2) is 9.16. The lowest BCUT2D eigenvalue weighted by Gasteiger charge is -2.31. The molecule has 0 radical (unpaired) electrons. The quantitative estimate of drug-likeness (QED) is 0.404. The number of hydrogen-bond donors (Lipinski definition) is 2. The van der Waals surface area contributed by atoms with Crippen LogP contribution in [0.4, 0.5) is 0 Å². The summed E-state index contributed by atoms with van der Waals surface area (Å²) in [5, 5.41) is 21.9. The van der Waals surface area contributed by atoms with Crippen LogP contribution < -0.4 is 11.0 Å². The van der Waals surface area contributed by atoms with Crippen LogP contribution >= 0.6 is 0 Å². The van der Waals surface area contributed by atoms with Crippen LogP contribution in [0.2, 0.25) is 0 Å². The molecule has 0 bridgehead atoms. The Kier molecular flexibility index (Phi) is 5.89. The first kappa shape index (κ1) is 22.5. The van der Waals surface area contributed by atoms with Crippen LogP contribution in [0.5, 0.6) is 0 Å². The molecule has 0 saturated carbocycles. The van der Waals surface area contributed by atoms with Gasteiger partial charge in [-0.2, -0.15) is 15.3 Å². The second-order valence-corrected chi connectivity index (χ2v) is 8.90. The highest BCUT2D eigenvalue weighted by Crippen LogP contribution is 2.33. The zero-order valence-electron chi connectivity index (χ0n) is 20.0. The molecule has 4 aromatic rings. The van der Waals surface area contributed by atoms with E-state index in [1.54, 1.807) is 9.25 Å². The molecule has 11 heteroatoms. The minimum Gasteiger partial charge on any atom is -0.368 e. The number of aromatic nitrogens is 9. The smallest absolute Gasteiger partial charge is 0.335 e. The van der Waals surface area contributed by atoms with E-state index >= 15 is 0 Å². The van der Waals surface area contributed by atoms with Crippen LogP contribution in [-0.2, 0) is 18.4 Å². The average molecular weight is 473 g/mol. The number of rotatable bonds is 8. The Labute approximate surface area is 202 Å². The number of dihydropyridines is 1. The Hall–Kier alpha value is -4.28. The van der Waals surface area contributed by atoms with E-state index in [9.17, 15) is 4.79 Å². The molecule has 1 aliphatic rings. The molecule has 0 spiro atoms. The SMILES string of the molecule is CCCc1cn(-c2ncnn2C(C)C)c(=O)n1CC1(c2cccc(-c3nn[nH]n3)c2)C=CNC=C1. The second-order valence-electron chi connectivity index (χ2n) is 8.90. The number of benzene rings is 1. The largest absolute Gasteiger partial charge is 0.368 e. The maximum Gasteiger partial charge on any atom is 0.335 e. The first-order valence-electron chi connectivity index (χ1n) is 11.7. The van der Waals surface area contributed by atoms with Gasteiger partial charge in [0.25, 0.3) is 0 Å². The van der Waals surface area contributed by atoms with E-state index in [0.29, 0.717) is 18.3 Å². The van der Waals surface area contributed by atoms with Crippen molar-refractivity contribution < 1.29 is 0 Å². The molecule has 0 amide bonds. The molecule has 0 atom stereocenters. The van der Waals surface area contributed by atoms with Gasteiger partial charge in [-0.3, -0.25) is 4.57 Å². The summed E-state index contributed by atoms with van der Waals surface area (Å²) >= 11 is 0. The fourth-order valence-electron chi connectivity index (χ4n) is 4.46. The number of H-pyrrole nitrogens is 1. The number of nitrogens with one attached hydrogen (secondary N) is 2. The van der Waals surface area contributed by atoms with Crippen molar-refractivity contribution in [1.29, 1.82) is 0 Å². The minimum atomic E-state index is -0.560. The molecule has 4 heterocycles. The molecular formula is C24H28N10O. The lowest BCUT2D eigenvalue weighted by molar-refractivity contribution is 0.490. The maximum atomic E-state index is 13.8. The van der Waals surface area contributed by atoms with E-state index in [-0.39, 0.29) is 11.7 Å². The van der Waals surface area contributed by atoms with Gasteiger partial charge in [0.05, 0.1) is 11.5 Å². The molecular weight excluding hydrogens is 444 g/mol. The number of imidazole rings is 1. The van der Waals surface area contributed by atoms with Gasteiger partial charge in [-0.05, 0) is 49.5 Å². The molecule has 1 aromatic carbocycles. The van der Waals surface area contributed by atoms with Gasteiger partial charge in [0.1, 0.15) is 6.33 Å². The third-order valence-electron chi connectivity index (χ3n) is 6.20. The monoisotopic (exact) mass is 472 g/mol. The van der Waals surface area contributed by atoms with Gasteiger partial charge in [0.15, 0.2) is 0 Å². The van der Waals surface area contributed by atoms with E-state index in [2.05, 4.69) is 61.2 Å². The summed E-state index contributed by atoms with van der Waals surface area (Å²) < 4.78 is 5.22. The van der Waals surface area contributed by atoms with Gasteiger partial charge in [0.2, 0.25) is 11.8 Å². The lowest BCUT2D eigenvalue weighted by atomic mass is 9.78. The van der Waals surface area contributed by atoms with Gasteiger partial charge >= 0.3 is 5.69 Å². The summed E-state index contributed by atoms with van der Waals surface area (Å²) in [7, 11) is 0. The highest BCUT2D eigenvalue weighted by Gasteiger charge is 2.32. The first-order chi connectivity index (χ1) is 17.0. The van der Waals surface area contributed by atoms with Crippen LogP contribution in [-0.4, -0.2) is 44.5 Å². The Bertz CT molecular complexity index is 1410. The zero-order chi connectivity index (χ0) is 24.4. The molecule has 3 aromatic heterocycles. The number of hydrogen-bond acceptors (Lipinski definition) is 7. The predicted octanol–water partition coefficient (Wildman–Crippen LogP) is 2.51. The summed E-state index contributed by atoms with van der Waals surface area (Å²) in [6.07, 6.45) is 13.0. The molecule has 11 nitrogen and oxygen atoms in total. The highest BCUT2D eigenvalue weighted by molar-refractivity contribution is 5.57. The third-order valence-corrected chi connectivity index (χ3v) is 6.20. The summed E-state index contributed by atoms with van der Waals surface area (Å²) in [4.78, 5) is 18.2. The number of tetrazole rings is 1. The van der Waals surface area contributed by atoms with Crippen molar-refractivity contribution in [3.63, 3.8) is 0 Å². The molecule has 1 aliphatic heterocycles. The van der Waals surface area contributed by atoms with Crippen LogP contribution in [0, 0.1) is 0 Å². The molecule has 180 valence electrons. The molecule has 0 aliphatic carbocycles. The summed E-state index contributed by atoms with van der Waals surface area (Å²) in [5.74, 6) is 1.04. The molecule has 0 saturated heterocycles. The molecule has 35 heavy (non-hydrogen) atoms. The van der Waals surface area contributed by atoms with Crippen molar-refractivity contribution >= 4 is 0 Å². The topological polar surface area (TPSA) is 124 Å². The van der Waals surface area contributed by atoms with Crippen LogP contribution in [0.3, 0.4) is 0 Å². The van der Waals surface area contributed by atoms with Crippen LogP contribution in [0.1, 0.15) is 44.5 Å². The summed E-state index contributed by atoms with van der Waals surface area (Å²) in [6, 6.07) is 8.09. The Morgan fingerprint density at radius 1 is 1.17 bits per heavy atom. The van der Waals surface area contributed by atoms with Crippen molar-refractivity contribution in [2.24, 2.45) is 0 Å². The van der Waals surface area contributed by atoms with Crippen molar-refractivity contribution in [3.05, 3.63) is 83.1 Å². The van der Waals surface area contributed by atoms with Gasteiger partial charge in [-0.25, -0.2) is 14.0 Å². The number of aryl methyl sites for hydroxylation is 1. The summed E-state index contributed by atoms with van der Waals surface area (Å²) in [6.45, 7) is 6.57. The molecule has 2 N–H and O–H groups in total. The van der Waals surface area contributed by atoms with E-state index in [1.807, 2.05) is 55.2 Å². The molecule has 0 unspecified atom stereocenters. The Morgan fingerprint density at radius 2 is 2.00 bits per heavy atom. The molecule has 0 fully saturated rings. The maximum absolute atomic E-state index is 13.8. The third kappa shape index (κ3) is 4.09. The van der Waals surface area contributed by atoms with E-state index < -0.39 is 5.41 Å². The summed E-state index contributed by atoms with van der Waals surface area (Å²) in [5.41, 5.74) is 2.11. The van der Waals surface area contributed by atoms with Crippen molar-refractivity contribution in [1.82, 2.24) is 49.8 Å². The first-order valence-corrected chi connectivity index (χ1v) is 11.7. The van der Waals surface area contributed by atoms with E-state index in [1.165, 1.54) is 6.33 Å². The average Bonchev–Trinajstić information content (AvgIpc) is 3.63. The van der Waals surface area contributed by atoms with E-state index in [4.69, 9.17) is 0 Å². The Balaban J connectivity index is 1.62. The lowest BCUT2D eigenvalue weighted by Crippen LogP contribution is -2.36. The number of allylic oxidation sites excluding steroid dienone is 2. The fourth-order valence-corrected chi connectivity index (χ4v) is 4.46. The van der Waals surface area contributed by atoms with E-state index in [0.717, 1.165) is 29.7 Å².